The van der Waals surface area contributed by atoms with Crippen molar-refractivity contribution >= 4 is 0 Å². The van der Waals surface area contributed by atoms with Gasteiger partial charge in [-0.15, -0.1) is 0 Å². The molecular formula is C11H17NO. The zero-order valence-electron chi connectivity index (χ0n) is 8.25. The molecule has 0 spiro atoms. The van der Waals surface area contributed by atoms with Gasteiger partial charge in [-0.25, -0.2) is 0 Å². The van der Waals surface area contributed by atoms with E-state index in [1.807, 2.05) is 26.0 Å². The molecule has 1 aromatic carbocycles. The molecule has 72 valence electrons. The number of benzene rings is 1. The first-order valence-electron chi connectivity index (χ1n) is 4.63. The van der Waals surface area contributed by atoms with Gasteiger partial charge in [-0.2, -0.15) is 0 Å². The Morgan fingerprint density at radius 1 is 1.46 bits per heavy atom. The van der Waals surface area contributed by atoms with E-state index in [9.17, 15) is 5.11 Å². The topological polar surface area (TPSA) is 46.2 Å². The quantitative estimate of drug-likeness (QED) is 0.745. The number of nitrogens with two attached hydrogens (primary N) is 1. The minimum absolute atomic E-state index is 0.195. The summed E-state index contributed by atoms with van der Waals surface area (Å²) in [6.45, 7) is 3.94. The third-order valence-corrected chi connectivity index (χ3v) is 2.11. The summed E-state index contributed by atoms with van der Waals surface area (Å²) in [4.78, 5) is 0. The van der Waals surface area contributed by atoms with Crippen molar-refractivity contribution in [3.63, 3.8) is 0 Å². The third kappa shape index (κ3) is 3.07. The zero-order valence-corrected chi connectivity index (χ0v) is 8.25. The summed E-state index contributed by atoms with van der Waals surface area (Å²) in [5.41, 5.74) is 7.71. The van der Waals surface area contributed by atoms with Gasteiger partial charge in [0, 0.05) is 6.04 Å². The molecular weight excluding hydrogens is 162 g/mol. The minimum atomic E-state index is 0.195. The van der Waals surface area contributed by atoms with E-state index in [1.165, 1.54) is 0 Å². The maximum absolute atomic E-state index is 9.56. The molecule has 3 N–H and O–H groups in total. The third-order valence-electron chi connectivity index (χ3n) is 2.11. The van der Waals surface area contributed by atoms with Gasteiger partial charge in [0.25, 0.3) is 0 Å². The molecule has 1 atom stereocenters. The van der Waals surface area contributed by atoms with E-state index in [2.05, 4.69) is 0 Å². The van der Waals surface area contributed by atoms with Gasteiger partial charge in [-0.3, -0.25) is 0 Å². The summed E-state index contributed by atoms with van der Waals surface area (Å²) in [7, 11) is 0. The Kier molecular flexibility index (Phi) is 3.32. The van der Waals surface area contributed by atoms with Crippen LogP contribution in [0.4, 0.5) is 0 Å². The van der Waals surface area contributed by atoms with Crippen molar-refractivity contribution in [2.24, 2.45) is 5.73 Å². The SMILES string of the molecule is Cc1ccc(CC[C@@H](C)N)c(O)c1. The van der Waals surface area contributed by atoms with E-state index in [-0.39, 0.29) is 6.04 Å². The Balaban J connectivity index is 2.67. The number of aryl methyl sites for hydroxylation is 2. The van der Waals surface area contributed by atoms with Gasteiger partial charge >= 0.3 is 0 Å². The number of aromatic hydroxyl groups is 1. The Morgan fingerprint density at radius 2 is 2.15 bits per heavy atom. The summed E-state index contributed by atoms with van der Waals surface area (Å²) in [6, 6.07) is 5.96. The molecule has 0 heterocycles. The van der Waals surface area contributed by atoms with E-state index >= 15 is 0 Å². The molecule has 1 rings (SSSR count). The van der Waals surface area contributed by atoms with Gasteiger partial charge in [0.15, 0.2) is 0 Å². The van der Waals surface area contributed by atoms with E-state index in [4.69, 9.17) is 5.73 Å². The first kappa shape index (κ1) is 10.1. The van der Waals surface area contributed by atoms with Crippen LogP contribution in [0.15, 0.2) is 18.2 Å². The van der Waals surface area contributed by atoms with Gasteiger partial charge < -0.3 is 10.8 Å². The lowest BCUT2D eigenvalue weighted by Crippen LogP contribution is -2.15. The van der Waals surface area contributed by atoms with Gasteiger partial charge in [-0.1, -0.05) is 12.1 Å². The molecule has 0 bridgehead atoms. The van der Waals surface area contributed by atoms with Crippen LogP contribution in [0.25, 0.3) is 0 Å². The normalized spacial score (nSPS) is 12.8. The predicted molar refractivity (Wildman–Crippen MR) is 54.8 cm³/mol. The molecule has 0 aliphatic heterocycles. The summed E-state index contributed by atoms with van der Waals surface area (Å²) in [5.74, 6) is 0.389. The van der Waals surface area contributed by atoms with Crippen LogP contribution in [-0.2, 0) is 6.42 Å². The van der Waals surface area contributed by atoms with Gasteiger partial charge in [0.05, 0.1) is 0 Å². The van der Waals surface area contributed by atoms with Crippen molar-refractivity contribution in [3.05, 3.63) is 29.3 Å². The summed E-state index contributed by atoms with van der Waals surface area (Å²) < 4.78 is 0. The second-order valence-corrected chi connectivity index (χ2v) is 3.65. The Labute approximate surface area is 79.4 Å². The molecule has 0 fully saturated rings. The molecule has 0 aliphatic rings. The Morgan fingerprint density at radius 3 is 2.69 bits per heavy atom. The van der Waals surface area contributed by atoms with Gasteiger partial charge in [0.1, 0.15) is 5.75 Å². The lowest BCUT2D eigenvalue weighted by Gasteiger charge is -2.07. The fourth-order valence-corrected chi connectivity index (χ4v) is 1.27. The van der Waals surface area contributed by atoms with Crippen molar-refractivity contribution in [1.29, 1.82) is 0 Å². The molecule has 0 amide bonds. The number of rotatable bonds is 3. The molecule has 0 unspecified atom stereocenters. The summed E-state index contributed by atoms with van der Waals surface area (Å²) in [6.07, 6.45) is 1.76. The van der Waals surface area contributed by atoms with Crippen LogP contribution in [0.2, 0.25) is 0 Å². The van der Waals surface area contributed by atoms with Crippen molar-refractivity contribution in [1.82, 2.24) is 0 Å². The van der Waals surface area contributed by atoms with Crippen LogP contribution in [0.3, 0.4) is 0 Å². The highest BCUT2D eigenvalue weighted by atomic mass is 16.3. The van der Waals surface area contributed by atoms with Crippen LogP contribution >= 0.6 is 0 Å². The largest absolute Gasteiger partial charge is 0.508 e. The van der Waals surface area contributed by atoms with Crippen molar-refractivity contribution in [2.45, 2.75) is 32.7 Å². The van der Waals surface area contributed by atoms with E-state index in [1.54, 1.807) is 6.07 Å². The fraction of sp³-hybridized carbons (Fsp3) is 0.455. The molecule has 0 saturated carbocycles. The lowest BCUT2D eigenvalue weighted by atomic mass is 10.0. The minimum Gasteiger partial charge on any atom is -0.508 e. The molecule has 1 aromatic rings. The highest BCUT2D eigenvalue weighted by Crippen LogP contribution is 2.19. The van der Waals surface area contributed by atoms with Crippen LogP contribution < -0.4 is 5.73 Å². The Bertz CT molecular complexity index is 281. The number of phenolic OH excluding ortho intramolecular Hbond substituents is 1. The molecule has 13 heavy (non-hydrogen) atoms. The van der Waals surface area contributed by atoms with Crippen LogP contribution in [0, 0.1) is 6.92 Å². The van der Waals surface area contributed by atoms with Gasteiger partial charge in [-0.05, 0) is 43.9 Å². The van der Waals surface area contributed by atoms with Crippen LogP contribution in [0.5, 0.6) is 5.75 Å². The highest BCUT2D eigenvalue weighted by Gasteiger charge is 2.02. The monoisotopic (exact) mass is 179 g/mol. The zero-order chi connectivity index (χ0) is 9.84. The molecule has 2 nitrogen and oxygen atoms in total. The van der Waals surface area contributed by atoms with Crippen molar-refractivity contribution < 1.29 is 5.11 Å². The van der Waals surface area contributed by atoms with Crippen LogP contribution in [-0.4, -0.2) is 11.1 Å². The summed E-state index contributed by atoms with van der Waals surface area (Å²) >= 11 is 0. The molecule has 0 aliphatic carbocycles. The molecule has 0 radical (unpaired) electrons. The van der Waals surface area contributed by atoms with Gasteiger partial charge in [0.2, 0.25) is 0 Å². The molecule has 0 aromatic heterocycles. The fourth-order valence-electron chi connectivity index (χ4n) is 1.27. The van der Waals surface area contributed by atoms with Crippen molar-refractivity contribution in [3.8, 4) is 5.75 Å². The highest BCUT2D eigenvalue weighted by molar-refractivity contribution is 5.35. The second kappa shape index (κ2) is 4.28. The standard InChI is InChI=1S/C11H17NO/c1-8-3-5-10(11(13)7-8)6-4-9(2)12/h3,5,7,9,13H,4,6,12H2,1-2H3/t9-/m1/s1. The maximum Gasteiger partial charge on any atom is 0.119 e. The van der Waals surface area contributed by atoms with E-state index in [0.29, 0.717) is 5.75 Å². The molecule has 0 saturated heterocycles. The maximum atomic E-state index is 9.56. The first-order valence-corrected chi connectivity index (χ1v) is 4.63. The smallest absolute Gasteiger partial charge is 0.119 e. The number of hydrogen-bond acceptors (Lipinski definition) is 2. The van der Waals surface area contributed by atoms with E-state index < -0.39 is 0 Å². The predicted octanol–water partition coefficient (Wildman–Crippen LogP) is 1.98. The van der Waals surface area contributed by atoms with Crippen molar-refractivity contribution in [2.75, 3.05) is 0 Å². The average Bonchev–Trinajstić information content (AvgIpc) is 2.02. The lowest BCUT2D eigenvalue weighted by molar-refractivity contribution is 0.465. The summed E-state index contributed by atoms with van der Waals surface area (Å²) in [5, 5.41) is 9.56. The molecule has 2 heteroatoms. The first-order chi connectivity index (χ1) is 6.09. The number of phenols is 1. The van der Waals surface area contributed by atoms with E-state index in [0.717, 1.165) is 24.0 Å². The van der Waals surface area contributed by atoms with Crippen LogP contribution in [0.1, 0.15) is 24.5 Å². The second-order valence-electron chi connectivity index (χ2n) is 3.65. The number of hydrogen-bond donors (Lipinski definition) is 2. The average molecular weight is 179 g/mol. The Hall–Kier alpha value is -1.02.